The zero-order chi connectivity index (χ0) is 33.6. The first-order valence-electron chi connectivity index (χ1n) is 16.8. The molecule has 9 rings (SSSR count). The number of terminal acetylenes is 1. The Morgan fingerprint density at radius 2 is 1.96 bits per heavy atom. The molecular weight excluding hydrogens is 635 g/mol. The molecular formula is C36H34F3N7O3. The van der Waals surface area contributed by atoms with E-state index in [2.05, 4.69) is 26.1 Å². The number of carbonyl (C=O) groups excluding carboxylic acids is 1. The van der Waals surface area contributed by atoms with E-state index < -0.39 is 23.3 Å². The maximum absolute atomic E-state index is 16.9. The highest BCUT2D eigenvalue weighted by molar-refractivity contribution is 6.03. The van der Waals surface area contributed by atoms with Crippen molar-refractivity contribution in [1.82, 2.24) is 30.1 Å². The maximum atomic E-state index is 16.9. The Morgan fingerprint density at radius 3 is 2.71 bits per heavy atom. The van der Waals surface area contributed by atoms with Crippen molar-refractivity contribution in [2.24, 2.45) is 0 Å². The lowest BCUT2D eigenvalue weighted by Crippen LogP contribution is -2.57. The van der Waals surface area contributed by atoms with Gasteiger partial charge in [-0.25, -0.2) is 13.2 Å². The molecule has 49 heavy (non-hydrogen) atoms. The van der Waals surface area contributed by atoms with Gasteiger partial charge in [-0.05, 0) is 55.8 Å². The second-order valence-corrected chi connectivity index (χ2v) is 14.0. The number of aromatic hydroxyl groups is 1. The summed E-state index contributed by atoms with van der Waals surface area (Å²) in [6, 6.07) is 5.18. The molecule has 2 N–H and O–H groups in total. The Labute approximate surface area is 280 Å². The van der Waals surface area contributed by atoms with Crippen molar-refractivity contribution < 1.29 is 27.8 Å². The predicted molar refractivity (Wildman–Crippen MR) is 176 cm³/mol. The fraction of sp³-hybridized carbons (Fsp3) is 0.444. The van der Waals surface area contributed by atoms with E-state index in [1.54, 1.807) is 0 Å². The molecule has 5 saturated heterocycles. The van der Waals surface area contributed by atoms with Crippen LogP contribution in [0.2, 0.25) is 0 Å². The minimum Gasteiger partial charge on any atom is -0.508 e. The third kappa shape index (κ3) is 4.87. The summed E-state index contributed by atoms with van der Waals surface area (Å²) in [5.74, 6) is 1.27. The predicted octanol–water partition coefficient (Wildman–Crippen LogP) is 3.92. The van der Waals surface area contributed by atoms with Crippen molar-refractivity contribution in [2.45, 2.75) is 61.9 Å². The largest absolute Gasteiger partial charge is 0.508 e. The number of benzene rings is 2. The average molecular weight is 670 g/mol. The van der Waals surface area contributed by atoms with Crippen molar-refractivity contribution in [1.29, 1.82) is 0 Å². The van der Waals surface area contributed by atoms with Gasteiger partial charge in [0.15, 0.2) is 5.82 Å². The number of hydrogen-bond donors (Lipinski definition) is 2. The van der Waals surface area contributed by atoms with Crippen molar-refractivity contribution in [3.8, 4) is 35.4 Å². The molecule has 4 aromatic rings. The number of piperazine rings is 1. The highest BCUT2D eigenvalue weighted by atomic mass is 19.1. The number of pyridine rings is 1. The van der Waals surface area contributed by atoms with Crippen LogP contribution in [0.15, 0.2) is 30.5 Å². The van der Waals surface area contributed by atoms with E-state index in [0.29, 0.717) is 49.2 Å². The Bertz CT molecular complexity index is 2070. The second-order valence-electron chi connectivity index (χ2n) is 14.0. The van der Waals surface area contributed by atoms with Crippen LogP contribution in [0.4, 0.5) is 19.0 Å². The molecule has 0 aliphatic carbocycles. The summed E-state index contributed by atoms with van der Waals surface area (Å²) in [7, 11) is 0. The standard InChI is InChI=1S/C36H34F3N7O3/c1-2-24-27(38)7-4-19-10-23(47)11-25(29(19)24)31-30(39)32-26(13-41-31)33(44-16-21-5-6-22(17-44)46(21)34(48)28-14-40-28)43-35(42-32)49-18-36-8-3-9-45(36)15-20(37)12-36/h1,4,7,10-11,13,20-22,28,40,47H,3,5-6,8-9,12,14-18H2/t20-,21?,22?,28-,36+/m1/s1. The monoisotopic (exact) mass is 669 g/mol. The molecule has 10 nitrogen and oxygen atoms in total. The lowest BCUT2D eigenvalue weighted by Gasteiger charge is -2.42. The van der Waals surface area contributed by atoms with Gasteiger partial charge in [0.2, 0.25) is 5.91 Å². The number of anilines is 1. The molecule has 2 unspecified atom stereocenters. The molecule has 13 heteroatoms. The molecule has 0 saturated carbocycles. The summed E-state index contributed by atoms with van der Waals surface area (Å²) in [6.45, 7) is 2.98. The van der Waals surface area contributed by atoms with Gasteiger partial charge < -0.3 is 25.0 Å². The van der Waals surface area contributed by atoms with Crippen LogP contribution >= 0.6 is 0 Å². The van der Waals surface area contributed by atoms with Gasteiger partial charge in [-0.3, -0.25) is 14.7 Å². The molecule has 5 aliphatic heterocycles. The number of hydrogen-bond acceptors (Lipinski definition) is 9. The van der Waals surface area contributed by atoms with E-state index in [1.165, 1.54) is 30.5 Å². The number of amides is 1. The summed E-state index contributed by atoms with van der Waals surface area (Å²) in [6.07, 6.45) is 10.00. The summed E-state index contributed by atoms with van der Waals surface area (Å²) >= 11 is 0. The minimum atomic E-state index is -0.946. The zero-order valence-corrected chi connectivity index (χ0v) is 26.6. The Balaban J connectivity index is 1.16. The number of nitrogens with one attached hydrogen (secondary N) is 1. The molecule has 2 aromatic carbocycles. The van der Waals surface area contributed by atoms with Gasteiger partial charge in [0.25, 0.3) is 0 Å². The quantitative estimate of drug-likeness (QED) is 0.233. The minimum absolute atomic E-state index is 0.0261. The van der Waals surface area contributed by atoms with Crippen LogP contribution in [0.3, 0.4) is 0 Å². The van der Waals surface area contributed by atoms with Crippen molar-refractivity contribution in [2.75, 3.05) is 44.2 Å². The van der Waals surface area contributed by atoms with Gasteiger partial charge in [-0.2, -0.15) is 9.97 Å². The Hall–Kier alpha value is -4.67. The van der Waals surface area contributed by atoms with E-state index in [0.717, 1.165) is 32.2 Å². The Kier molecular flexibility index (Phi) is 6.94. The van der Waals surface area contributed by atoms with Gasteiger partial charge in [0, 0.05) is 61.8 Å². The number of carbonyl (C=O) groups is 1. The molecule has 5 atom stereocenters. The molecule has 2 bridgehead atoms. The van der Waals surface area contributed by atoms with Crippen LogP contribution in [-0.2, 0) is 4.79 Å². The van der Waals surface area contributed by atoms with Gasteiger partial charge in [0.05, 0.1) is 22.5 Å². The highest BCUT2D eigenvalue weighted by Gasteiger charge is 2.50. The van der Waals surface area contributed by atoms with Crippen LogP contribution in [0, 0.1) is 24.0 Å². The second kappa shape index (κ2) is 11.2. The fourth-order valence-electron chi connectivity index (χ4n) is 8.76. The number of phenolic OH excluding ortho intramolecular Hbond substituents is 1. The fourth-order valence-corrected chi connectivity index (χ4v) is 8.76. The molecule has 5 fully saturated rings. The van der Waals surface area contributed by atoms with Gasteiger partial charge in [-0.1, -0.05) is 12.0 Å². The number of rotatable bonds is 6. The van der Waals surface area contributed by atoms with E-state index >= 15 is 4.39 Å². The molecule has 252 valence electrons. The van der Waals surface area contributed by atoms with E-state index in [4.69, 9.17) is 16.1 Å². The average Bonchev–Trinajstić information content (AvgIpc) is 3.73. The third-order valence-corrected chi connectivity index (χ3v) is 11.1. The smallest absolute Gasteiger partial charge is 0.319 e. The first-order chi connectivity index (χ1) is 23.7. The summed E-state index contributed by atoms with van der Waals surface area (Å²) in [5.41, 5.74) is -0.672. The van der Waals surface area contributed by atoms with Crippen LogP contribution in [0.1, 0.15) is 37.7 Å². The number of alkyl halides is 1. The molecule has 2 aromatic heterocycles. The summed E-state index contributed by atoms with van der Waals surface area (Å²) in [5, 5.41) is 14.7. The van der Waals surface area contributed by atoms with Crippen molar-refractivity contribution in [3.05, 3.63) is 47.7 Å². The summed E-state index contributed by atoms with van der Waals surface area (Å²) in [4.78, 5) is 33.2. The molecule has 1 amide bonds. The number of ether oxygens (including phenoxy) is 1. The number of fused-ring (bicyclic) bond motifs is 5. The van der Waals surface area contributed by atoms with Crippen molar-refractivity contribution >= 4 is 33.4 Å². The molecule has 0 spiro atoms. The van der Waals surface area contributed by atoms with Gasteiger partial charge in [-0.15, -0.1) is 6.42 Å². The van der Waals surface area contributed by atoms with Crippen LogP contribution < -0.4 is 15.0 Å². The highest BCUT2D eigenvalue weighted by Crippen LogP contribution is 2.42. The lowest BCUT2D eigenvalue weighted by molar-refractivity contribution is -0.133. The molecule has 0 radical (unpaired) electrons. The normalized spacial score (nSPS) is 27.6. The summed E-state index contributed by atoms with van der Waals surface area (Å²) < 4.78 is 52.6. The van der Waals surface area contributed by atoms with Crippen molar-refractivity contribution in [3.63, 3.8) is 0 Å². The molecule has 7 heterocycles. The van der Waals surface area contributed by atoms with Crippen LogP contribution in [0.5, 0.6) is 11.8 Å². The Morgan fingerprint density at radius 1 is 1.16 bits per heavy atom. The number of phenols is 1. The lowest BCUT2D eigenvalue weighted by atomic mass is 9.95. The van der Waals surface area contributed by atoms with Crippen LogP contribution in [0.25, 0.3) is 32.9 Å². The first-order valence-corrected chi connectivity index (χ1v) is 16.8. The number of nitrogens with zero attached hydrogens (tertiary/aromatic N) is 6. The first kappa shape index (κ1) is 30.4. The third-order valence-electron chi connectivity index (χ3n) is 11.1. The van der Waals surface area contributed by atoms with Gasteiger partial charge in [0.1, 0.15) is 41.4 Å². The topological polar surface area (TPSA) is 117 Å². The maximum Gasteiger partial charge on any atom is 0.319 e. The molecule has 5 aliphatic rings. The number of aromatic nitrogens is 3. The van der Waals surface area contributed by atoms with E-state index in [-0.39, 0.29) is 70.1 Å². The van der Waals surface area contributed by atoms with Crippen LogP contribution in [-0.4, -0.2) is 105 Å². The van der Waals surface area contributed by atoms with E-state index in [1.807, 2.05) is 9.80 Å². The van der Waals surface area contributed by atoms with E-state index in [9.17, 15) is 18.7 Å². The zero-order valence-electron chi connectivity index (χ0n) is 26.6. The number of halogens is 3. The van der Waals surface area contributed by atoms with Gasteiger partial charge >= 0.3 is 6.01 Å². The SMILES string of the molecule is C#Cc1c(F)ccc2cc(O)cc(-c3ncc4c(N5CC6CCC(C5)N6C(=O)[C@H]5CN5)nc(OC[C@@]56CCCN5C[C@H](F)C6)nc4c3F)c12.